The summed E-state index contributed by atoms with van der Waals surface area (Å²) >= 11 is 5.77. The number of esters is 1. The van der Waals surface area contributed by atoms with Gasteiger partial charge in [0.2, 0.25) is 0 Å². The van der Waals surface area contributed by atoms with E-state index in [1.54, 1.807) is 54.2 Å². The van der Waals surface area contributed by atoms with Crippen molar-refractivity contribution in [3.63, 3.8) is 0 Å². The highest BCUT2D eigenvalue weighted by Crippen LogP contribution is 2.14. The van der Waals surface area contributed by atoms with E-state index in [2.05, 4.69) is 5.32 Å². The highest BCUT2D eigenvalue weighted by atomic mass is 35.5. The lowest BCUT2D eigenvalue weighted by Crippen LogP contribution is -2.30. The van der Waals surface area contributed by atoms with Crippen molar-refractivity contribution in [3.8, 4) is 0 Å². The maximum absolute atomic E-state index is 12.0. The molecule has 0 fully saturated rings. The predicted octanol–water partition coefficient (Wildman–Crippen LogP) is 2.86. The van der Waals surface area contributed by atoms with E-state index in [0.717, 1.165) is 0 Å². The molecule has 0 aliphatic carbocycles. The number of nitrogens with one attached hydrogen (secondary N) is 1. The Hall–Kier alpha value is -2.27. The molecule has 0 aliphatic rings. The number of carbonyl (C=O) groups excluding carboxylic acids is 2. The first-order valence-corrected chi connectivity index (χ1v) is 6.74. The largest absolute Gasteiger partial charge is 0.448 e. The van der Waals surface area contributed by atoms with Crippen molar-refractivity contribution < 1.29 is 14.3 Å². The van der Waals surface area contributed by atoms with E-state index in [1.165, 1.54) is 6.92 Å². The van der Waals surface area contributed by atoms with Crippen molar-refractivity contribution in [1.29, 1.82) is 0 Å². The van der Waals surface area contributed by atoms with Gasteiger partial charge in [0.1, 0.15) is 5.69 Å². The molecule has 1 aromatic carbocycles. The third-order valence-corrected chi connectivity index (χ3v) is 3.17. The minimum Gasteiger partial charge on any atom is -0.448 e. The van der Waals surface area contributed by atoms with Crippen molar-refractivity contribution in [2.75, 3.05) is 5.32 Å². The molecule has 6 heteroatoms. The molecule has 0 bridgehead atoms. The van der Waals surface area contributed by atoms with Crippen LogP contribution >= 0.6 is 11.6 Å². The summed E-state index contributed by atoms with van der Waals surface area (Å²) in [6.45, 7) is 1.52. The Morgan fingerprint density at radius 1 is 1.24 bits per heavy atom. The number of hydrogen-bond donors (Lipinski definition) is 1. The van der Waals surface area contributed by atoms with E-state index in [9.17, 15) is 9.59 Å². The van der Waals surface area contributed by atoms with Crippen molar-refractivity contribution in [1.82, 2.24) is 4.57 Å². The zero-order valence-electron chi connectivity index (χ0n) is 11.7. The molecule has 5 nitrogen and oxygen atoms in total. The minimum atomic E-state index is -0.900. The number of anilines is 1. The first-order chi connectivity index (χ1) is 9.97. The second kappa shape index (κ2) is 6.45. The van der Waals surface area contributed by atoms with Gasteiger partial charge in [0.15, 0.2) is 6.10 Å². The van der Waals surface area contributed by atoms with Crippen LogP contribution in [0.1, 0.15) is 17.4 Å². The van der Waals surface area contributed by atoms with Crippen molar-refractivity contribution >= 4 is 29.2 Å². The molecule has 1 heterocycles. The minimum absolute atomic E-state index is 0.390. The van der Waals surface area contributed by atoms with Gasteiger partial charge >= 0.3 is 5.97 Å². The van der Waals surface area contributed by atoms with Crippen LogP contribution in [0, 0.1) is 0 Å². The Bertz CT molecular complexity index is 649. The lowest BCUT2D eigenvalue weighted by molar-refractivity contribution is -0.123. The van der Waals surface area contributed by atoms with E-state index >= 15 is 0 Å². The number of ether oxygens (including phenoxy) is 1. The molecule has 1 aromatic heterocycles. The van der Waals surface area contributed by atoms with Crippen molar-refractivity contribution in [3.05, 3.63) is 53.3 Å². The van der Waals surface area contributed by atoms with Crippen LogP contribution in [-0.2, 0) is 16.6 Å². The van der Waals surface area contributed by atoms with Crippen molar-refractivity contribution in [2.45, 2.75) is 13.0 Å². The molecule has 110 valence electrons. The number of benzene rings is 1. The van der Waals surface area contributed by atoms with Gasteiger partial charge in [0.05, 0.1) is 0 Å². The third-order valence-electron chi connectivity index (χ3n) is 2.92. The fraction of sp³-hybridized carbons (Fsp3) is 0.200. The molecule has 0 saturated carbocycles. The molecule has 21 heavy (non-hydrogen) atoms. The van der Waals surface area contributed by atoms with Crippen LogP contribution in [0.3, 0.4) is 0 Å². The standard InChI is InChI=1S/C15H15ClN2O3/c1-10(21-15(20)13-4-3-9-18(13)2)14(19)17-12-7-5-11(16)6-8-12/h3-10H,1-2H3,(H,17,19)/t10-/m0/s1. The van der Waals surface area contributed by atoms with Gasteiger partial charge in [0, 0.05) is 24.0 Å². The molecule has 0 unspecified atom stereocenters. The SMILES string of the molecule is C[C@H](OC(=O)c1cccn1C)C(=O)Nc1ccc(Cl)cc1. The highest BCUT2D eigenvalue weighted by Gasteiger charge is 2.20. The van der Waals surface area contributed by atoms with E-state index in [0.29, 0.717) is 16.4 Å². The Kier molecular flexibility index (Phi) is 4.65. The second-order valence-electron chi connectivity index (χ2n) is 4.55. The number of nitrogens with zero attached hydrogens (tertiary/aromatic N) is 1. The Morgan fingerprint density at radius 2 is 1.90 bits per heavy atom. The number of amides is 1. The second-order valence-corrected chi connectivity index (χ2v) is 4.98. The van der Waals surface area contributed by atoms with Crippen LogP contribution in [0.2, 0.25) is 5.02 Å². The lowest BCUT2D eigenvalue weighted by atomic mass is 10.3. The number of hydrogen-bond acceptors (Lipinski definition) is 3. The first-order valence-electron chi connectivity index (χ1n) is 6.36. The third kappa shape index (κ3) is 3.86. The molecule has 0 radical (unpaired) electrons. The predicted molar refractivity (Wildman–Crippen MR) is 80.4 cm³/mol. The Morgan fingerprint density at radius 3 is 2.48 bits per heavy atom. The van der Waals surface area contributed by atoms with Crippen LogP contribution in [0.5, 0.6) is 0 Å². The summed E-state index contributed by atoms with van der Waals surface area (Å²) in [6, 6.07) is 10.0. The normalized spacial score (nSPS) is 11.8. The van der Waals surface area contributed by atoms with Gasteiger partial charge in [0.25, 0.3) is 5.91 Å². The van der Waals surface area contributed by atoms with Gasteiger partial charge in [-0.15, -0.1) is 0 Å². The molecule has 1 atom stereocenters. The molecule has 0 saturated heterocycles. The Labute approximate surface area is 127 Å². The summed E-state index contributed by atoms with van der Waals surface area (Å²) < 4.78 is 6.77. The highest BCUT2D eigenvalue weighted by molar-refractivity contribution is 6.30. The summed E-state index contributed by atoms with van der Waals surface area (Å²) in [5.74, 6) is -0.943. The van der Waals surface area contributed by atoms with Gasteiger partial charge < -0.3 is 14.6 Å². The van der Waals surface area contributed by atoms with E-state index in [-0.39, 0.29) is 0 Å². The summed E-state index contributed by atoms with van der Waals surface area (Å²) in [6.07, 6.45) is 0.831. The van der Waals surface area contributed by atoms with Gasteiger partial charge in [-0.25, -0.2) is 4.79 Å². The van der Waals surface area contributed by atoms with Gasteiger partial charge in [-0.3, -0.25) is 4.79 Å². The van der Waals surface area contributed by atoms with Gasteiger partial charge in [-0.1, -0.05) is 11.6 Å². The summed E-state index contributed by atoms with van der Waals surface area (Å²) in [4.78, 5) is 23.9. The molecule has 0 aliphatic heterocycles. The zero-order valence-corrected chi connectivity index (χ0v) is 12.4. The van der Waals surface area contributed by atoms with Crippen LogP contribution in [0.15, 0.2) is 42.6 Å². The van der Waals surface area contributed by atoms with Crippen LogP contribution in [0.4, 0.5) is 5.69 Å². The van der Waals surface area contributed by atoms with Crippen molar-refractivity contribution in [2.24, 2.45) is 7.05 Å². The topological polar surface area (TPSA) is 60.3 Å². The maximum atomic E-state index is 12.0. The van der Waals surface area contributed by atoms with Gasteiger partial charge in [-0.2, -0.15) is 0 Å². The summed E-state index contributed by atoms with van der Waals surface area (Å²) in [5, 5.41) is 3.23. The van der Waals surface area contributed by atoms with E-state index in [4.69, 9.17) is 16.3 Å². The number of aryl methyl sites for hydroxylation is 1. The average Bonchev–Trinajstić information content (AvgIpc) is 2.87. The molecule has 1 amide bonds. The number of aromatic nitrogens is 1. The zero-order chi connectivity index (χ0) is 15.4. The average molecular weight is 307 g/mol. The summed E-state index contributed by atoms with van der Waals surface area (Å²) in [5.41, 5.74) is 0.979. The van der Waals surface area contributed by atoms with Crippen LogP contribution < -0.4 is 5.32 Å². The molecular formula is C15H15ClN2O3. The smallest absolute Gasteiger partial charge is 0.355 e. The summed E-state index contributed by atoms with van der Waals surface area (Å²) in [7, 11) is 1.73. The monoisotopic (exact) mass is 306 g/mol. The van der Waals surface area contributed by atoms with Crippen LogP contribution in [-0.4, -0.2) is 22.5 Å². The molecule has 2 aromatic rings. The van der Waals surface area contributed by atoms with Crippen LogP contribution in [0.25, 0.3) is 0 Å². The first kappa shape index (κ1) is 15.1. The number of carbonyl (C=O) groups is 2. The lowest BCUT2D eigenvalue weighted by Gasteiger charge is -2.13. The van der Waals surface area contributed by atoms with E-state index < -0.39 is 18.0 Å². The molecular weight excluding hydrogens is 292 g/mol. The quantitative estimate of drug-likeness (QED) is 0.884. The fourth-order valence-corrected chi connectivity index (χ4v) is 1.85. The molecule has 2 rings (SSSR count). The number of halogens is 1. The molecule has 1 N–H and O–H groups in total. The Balaban J connectivity index is 1.95. The molecule has 0 spiro atoms. The van der Waals surface area contributed by atoms with E-state index in [1.807, 2.05) is 0 Å². The number of rotatable bonds is 4. The fourth-order valence-electron chi connectivity index (χ4n) is 1.72. The maximum Gasteiger partial charge on any atom is 0.355 e. The van der Waals surface area contributed by atoms with Gasteiger partial charge in [-0.05, 0) is 43.3 Å².